The number of hydrogen-bond donors (Lipinski definition) is 2. The van der Waals surface area contributed by atoms with Gasteiger partial charge in [0.15, 0.2) is 0 Å². The third-order valence-corrected chi connectivity index (χ3v) is 1.83. The van der Waals surface area contributed by atoms with Crippen LogP contribution in [0.4, 0.5) is 0 Å². The largest absolute Gasteiger partial charge is 0.344 e. The maximum Gasteiger partial charge on any atom is 0.239 e. The molecule has 4 nitrogen and oxygen atoms in total. The van der Waals surface area contributed by atoms with Crippen molar-refractivity contribution in [3.63, 3.8) is 0 Å². The minimum absolute atomic E-state index is 0.00551. The highest BCUT2D eigenvalue weighted by atomic mass is 16.2. The van der Waals surface area contributed by atoms with Crippen LogP contribution in [0.2, 0.25) is 0 Å². The van der Waals surface area contributed by atoms with Crippen molar-refractivity contribution in [3.05, 3.63) is 0 Å². The van der Waals surface area contributed by atoms with Crippen molar-refractivity contribution in [3.8, 4) is 0 Å². The van der Waals surface area contributed by atoms with Crippen LogP contribution in [0, 0.1) is 0 Å². The number of nitrogens with zero attached hydrogens (tertiary/aromatic N) is 1. The average Bonchev–Trinajstić information content (AvgIpc) is 2.11. The Kier molecular flexibility index (Phi) is 5.66. The summed E-state index contributed by atoms with van der Waals surface area (Å²) >= 11 is 0. The molecular weight excluding hydrogens is 154 g/mol. The molecule has 1 atom stereocenters. The molecule has 0 spiro atoms. The Hall–Kier alpha value is -0.610. The van der Waals surface area contributed by atoms with Crippen LogP contribution in [0.25, 0.3) is 0 Å². The number of rotatable bonds is 5. The highest BCUT2D eigenvalue weighted by Gasteiger charge is 2.14. The van der Waals surface area contributed by atoms with Crippen molar-refractivity contribution in [1.29, 1.82) is 0 Å². The Labute approximate surface area is 73.9 Å². The van der Waals surface area contributed by atoms with Gasteiger partial charge in [0.05, 0.1) is 6.04 Å². The van der Waals surface area contributed by atoms with Gasteiger partial charge in [-0.15, -0.1) is 0 Å². The summed E-state index contributed by atoms with van der Waals surface area (Å²) in [7, 11) is 1.76. The van der Waals surface area contributed by atoms with Crippen molar-refractivity contribution >= 4 is 5.91 Å². The molecule has 0 saturated carbocycles. The van der Waals surface area contributed by atoms with Gasteiger partial charge in [-0.3, -0.25) is 4.79 Å². The molecule has 4 heteroatoms. The lowest BCUT2D eigenvalue weighted by atomic mass is 10.2. The minimum Gasteiger partial charge on any atom is -0.344 e. The van der Waals surface area contributed by atoms with Crippen LogP contribution in [-0.4, -0.2) is 37.0 Å². The van der Waals surface area contributed by atoms with Crippen LogP contribution < -0.4 is 11.5 Å². The summed E-state index contributed by atoms with van der Waals surface area (Å²) < 4.78 is 0. The Balaban J connectivity index is 3.75. The van der Waals surface area contributed by atoms with Crippen LogP contribution in [-0.2, 0) is 4.79 Å². The molecule has 0 bridgehead atoms. The zero-order valence-corrected chi connectivity index (χ0v) is 7.92. The average molecular weight is 173 g/mol. The third kappa shape index (κ3) is 3.69. The van der Waals surface area contributed by atoms with E-state index in [-0.39, 0.29) is 11.9 Å². The van der Waals surface area contributed by atoms with Gasteiger partial charge in [-0.2, -0.15) is 0 Å². The van der Waals surface area contributed by atoms with Gasteiger partial charge in [0.25, 0.3) is 0 Å². The topological polar surface area (TPSA) is 72.4 Å². The van der Waals surface area contributed by atoms with Crippen molar-refractivity contribution < 1.29 is 4.79 Å². The Morgan fingerprint density at radius 3 is 2.58 bits per heavy atom. The smallest absolute Gasteiger partial charge is 0.239 e. The zero-order chi connectivity index (χ0) is 9.56. The summed E-state index contributed by atoms with van der Waals surface area (Å²) in [4.78, 5) is 13.0. The van der Waals surface area contributed by atoms with Crippen LogP contribution in [0.1, 0.15) is 19.8 Å². The molecule has 0 rings (SSSR count). The number of hydrogen-bond acceptors (Lipinski definition) is 3. The second-order valence-corrected chi connectivity index (χ2v) is 2.92. The van der Waals surface area contributed by atoms with Crippen molar-refractivity contribution in [2.75, 3.05) is 20.1 Å². The van der Waals surface area contributed by atoms with E-state index in [0.29, 0.717) is 19.5 Å². The molecule has 4 N–H and O–H groups in total. The molecule has 0 aromatic rings. The van der Waals surface area contributed by atoms with E-state index in [0.717, 1.165) is 6.42 Å². The Bertz CT molecular complexity index is 138. The van der Waals surface area contributed by atoms with Crippen molar-refractivity contribution in [2.45, 2.75) is 25.8 Å². The van der Waals surface area contributed by atoms with Gasteiger partial charge in [-0.25, -0.2) is 0 Å². The number of carbonyl (C=O) groups excluding carboxylic acids is 1. The SMILES string of the molecule is CCC(N)C(=O)N(C)CCCN. The highest BCUT2D eigenvalue weighted by molar-refractivity contribution is 5.81. The summed E-state index contributed by atoms with van der Waals surface area (Å²) in [6.07, 6.45) is 1.52. The first-order valence-corrected chi connectivity index (χ1v) is 4.34. The molecule has 0 heterocycles. The fraction of sp³-hybridized carbons (Fsp3) is 0.875. The number of carbonyl (C=O) groups is 1. The van der Waals surface area contributed by atoms with Gasteiger partial charge in [0.1, 0.15) is 0 Å². The molecule has 0 aromatic heterocycles. The second kappa shape index (κ2) is 5.97. The maximum absolute atomic E-state index is 11.3. The molecular formula is C8H19N3O. The fourth-order valence-electron chi connectivity index (χ4n) is 0.896. The molecule has 0 saturated heterocycles. The molecule has 72 valence electrons. The summed E-state index contributed by atoms with van der Waals surface area (Å²) in [5, 5.41) is 0. The molecule has 0 radical (unpaired) electrons. The van der Waals surface area contributed by atoms with Gasteiger partial charge in [-0.05, 0) is 19.4 Å². The van der Waals surface area contributed by atoms with Gasteiger partial charge < -0.3 is 16.4 Å². The molecule has 1 unspecified atom stereocenters. The fourth-order valence-corrected chi connectivity index (χ4v) is 0.896. The van der Waals surface area contributed by atoms with Crippen molar-refractivity contribution in [1.82, 2.24) is 4.90 Å². The van der Waals surface area contributed by atoms with E-state index < -0.39 is 0 Å². The third-order valence-electron chi connectivity index (χ3n) is 1.83. The van der Waals surface area contributed by atoms with Gasteiger partial charge in [0.2, 0.25) is 5.91 Å². The van der Waals surface area contributed by atoms with E-state index in [9.17, 15) is 4.79 Å². The lowest BCUT2D eigenvalue weighted by Gasteiger charge is -2.19. The minimum atomic E-state index is -0.354. The van der Waals surface area contributed by atoms with Crippen LogP contribution >= 0.6 is 0 Å². The van der Waals surface area contributed by atoms with E-state index >= 15 is 0 Å². The number of nitrogens with two attached hydrogens (primary N) is 2. The Morgan fingerprint density at radius 2 is 2.17 bits per heavy atom. The monoisotopic (exact) mass is 173 g/mol. The summed E-state index contributed by atoms with van der Waals surface area (Å²) in [5.74, 6) is 0.00551. The normalized spacial score (nSPS) is 12.7. The quantitative estimate of drug-likeness (QED) is 0.590. The first-order valence-electron chi connectivity index (χ1n) is 4.34. The van der Waals surface area contributed by atoms with Gasteiger partial charge in [-0.1, -0.05) is 6.92 Å². The predicted molar refractivity (Wildman–Crippen MR) is 49.6 cm³/mol. The summed E-state index contributed by atoms with van der Waals surface area (Å²) in [5.41, 5.74) is 10.9. The molecule has 0 aliphatic rings. The number of amides is 1. The van der Waals surface area contributed by atoms with Crippen LogP contribution in [0.3, 0.4) is 0 Å². The Morgan fingerprint density at radius 1 is 1.58 bits per heavy atom. The van der Waals surface area contributed by atoms with E-state index in [2.05, 4.69) is 0 Å². The standard InChI is InChI=1S/C8H19N3O/c1-3-7(10)8(12)11(2)6-4-5-9/h7H,3-6,9-10H2,1-2H3. The van der Waals surface area contributed by atoms with E-state index in [4.69, 9.17) is 11.5 Å². The first-order chi connectivity index (χ1) is 5.63. The molecule has 0 aliphatic heterocycles. The lowest BCUT2D eigenvalue weighted by molar-refractivity contribution is -0.131. The molecule has 0 fully saturated rings. The first kappa shape index (κ1) is 11.4. The second-order valence-electron chi connectivity index (χ2n) is 2.92. The lowest BCUT2D eigenvalue weighted by Crippen LogP contribution is -2.42. The predicted octanol–water partition coefficient (Wildman–Crippen LogP) is -0.469. The van der Waals surface area contributed by atoms with E-state index in [1.54, 1.807) is 11.9 Å². The van der Waals surface area contributed by atoms with Crippen molar-refractivity contribution in [2.24, 2.45) is 11.5 Å². The molecule has 12 heavy (non-hydrogen) atoms. The van der Waals surface area contributed by atoms with Gasteiger partial charge >= 0.3 is 0 Å². The summed E-state index contributed by atoms with van der Waals surface area (Å²) in [6, 6.07) is -0.354. The zero-order valence-electron chi connectivity index (χ0n) is 7.92. The van der Waals surface area contributed by atoms with E-state index in [1.807, 2.05) is 6.92 Å². The van der Waals surface area contributed by atoms with Crippen LogP contribution in [0.5, 0.6) is 0 Å². The molecule has 0 aromatic carbocycles. The number of likely N-dealkylation sites (N-methyl/N-ethyl adjacent to an activating group) is 1. The van der Waals surface area contributed by atoms with Gasteiger partial charge in [0, 0.05) is 13.6 Å². The van der Waals surface area contributed by atoms with Crippen LogP contribution in [0.15, 0.2) is 0 Å². The summed E-state index contributed by atoms with van der Waals surface area (Å²) in [6.45, 7) is 3.21. The maximum atomic E-state index is 11.3. The van der Waals surface area contributed by atoms with E-state index in [1.165, 1.54) is 0 Å². The highest BCUT2D eigenvalue weighted by Crippen LogP contribution is 1.94. The molecule has 0 aliphatic carbocycles. The molecule has 1 amide bonds.